The molecule has 1 fully saturated rings. The third kappa shape index (κ3) is 2.77. The van der Waals surface area contributed by atoms with Gasteiger partial charge in [0.2, 0.25) is 0 Å². The highest BCUT2D eigenvalue weighted by Gasteiger charge is 2.17. The summed E-state index contributed by atoms with van der Waals surface area (Å²) < 4.78 is 2.23. The van der Waals surface area contributed by atoms with Crippen LogP contribution < -0.4 is 0 Å². The largest absolute Gasteiger partial charge is 0.301 e. The van der Waals surface area contributed by atoms with E-state index in [1.807, 2.05) is 0 Å². The van der Waals surface area contributed by atoms with E-state index in [4.69, 9.17) is 5.10 Å². The van der Waals surface area contributed by atoms with Gasteiger partial charge in [0, 0.05) is 12.2 Å². The maximum absolute atomic E-state index is 4.80. The Kier molecular flexibility index (Phi) is 4.44. The van der Waals surface area contributed by atoms with Crippen LogP contribution in [0.2, 0.25) is 0 Å². The van der Waals surface area contributed by atoms with Gasteiger partial charge in [0.15, 0.2) is 0 Å². The number of aryl methyl sites for hydroxylation is 1. The van der Waals surface area contributed by atoms with Gasteiger partial charge in [0.1, 0.15) is 0 Å². The molecule has 0 saturated carbocycles. The molecule has 0 amide bonds. The number of rotatable bonds is 5. The van der Waals surface area contributed by atoms with Crippen LogP contribution in [0.1, 0.15) is 56.5 Å². The zero-order valence-corrected chi connectivity index (χ0v) is 12.4. The first-order chi connectivity index (χ1) is 8.63. The fraction of sp³-hybridized carbons (Fsp3) is 0.800. The van der Waals surface area contributed by atoms with Gasteiger partial charge >= 0.3 is 0 Å². The monoisotopic (exact) mass is 249 g/mol. The zero-order valence-electron chi connectivity index (χ0n) is 12.4. The van der Waals surface area contributed by atoms with Crippen LogP contribution in [-0.4, -0.2) is 34.3 Å². The molecule has 0 radical (unpaired) electrons. The summed E-state index contributed by atoms with van der Waals surface area (Å²) >= 11 is 0. The van der Waals surface area contributed by atoms with E-state index in [1.54, 1.807) is 0 Å². The van der Waals surface area contributed by atoms with Crippen molar-refractivity contribution >= 4 is 0 Å². The van der Waals surface area contributed by atoms with E-state index < -0.39 is 0 Å². The molecule has 0 unspecified atom stereocenters. The Morgan fingerprint density at radius 1 is 1.17 bits per heavy atom. The average Bonchev–Trinajstić information content (AvgIpc) is 2.93. The predicted molar refractivity (Wildman–Crippen MR) is 76.1 cm³/mol. The van der Waals surface area contributed by atoms with Crippen LogP contribution in [0.15, 0.2) is 0 Å². The van der Waals surface area contributed by atoms with E-state index in [9.17, 15) is 0 Å². The molecule has 1 aliphatic heterocycles. The topological polar surface area (TPSA) is 21.1 Å². The summed E-state index contributed by atoms with van der Waals surface area (Å²) in [7, 11) is 0. The van der Waals surface area contributed by atoms with Crippen molar-refractivity contribution in [2.45, 2.75) is 59.4 Å². The lowest BCUT2D eigenvalue weighted by Gasteiger charge is -2.15. The van der Waals surface area contributed by atoms with Crippen LogP contribution in [0.5, 0.6) is 0 Å². The Morgan fingerprint density at radius 2 is 1.83 bits per heavy atom. The van der Waals surface area contributed by atoms with E-state index in [0.717, 1.165) is 19.5 Å². The second kappa shape index (κ2) is 5.87. The van der Waals surface area contributed by atoms with Gasteiger partial charge in [0.05, 0.1) is 12.2 Å². The quantitative estimate of drug-likeness (QED) is 0.800. The maximum atomic E-state index is 4.80. The van der Waals surface area contributed by atoms with Gasteiger partial charge in [-0.15, -0.1) is 0 Å². The molecule has 2 rings (SSSR count). The minimum Gasteiger partial charge on any atom is -0.301 e. The molecule has 1 aromatic rings. The Bertz CT molecular complexity index is 387. The van der Waals surface area contributed by atoms with Gasteiger partial charge in [-0.25, -0.2) is 0 Å². The summed E-state index contributed by atoms with van der Waals surface area (Å²) in [6.07, 6.45) is 3.79. The molecular formula is C15H27N3. The number of likely N-dealkylation sites (tertiary alicyclic amines) is 1. The minimum absolute atomic E-state index is 0.584. The molecule has 0 spiro atoms. The summed E-state index contributed by atoms with van der Waals surface area (Å²) in [4.78, 5) is 2.56. The van der Waals surface area contributed by atoms with Gasteiger partial charge in [-0.1, -0.05) is 20.8 Å². The fourth-order valence-corrected chi connectivity index (χ4v) is 3.09. The Hall–Kier alpha value is -0.830. The third-order valence-corrected chi connectivity index (χ3v) is 4.07. The van der Waals surface area contributed by atoms with Crippen LogP contribution in [0.4, 0.5) is 0 Å². The van der Waals surface area contributed by atoms with Crippen LogP contribution in [0, 0.1) is 6.92 Å². The van der Waals surface area contributed by atoms with Crippen molar-refractivity contribution in [1.29, 1.82) is 0 Å². The average molecular weight is 249 g/mol. The Balaban J connectivity index is 2.07. The van der Waals surface area contributed by atoms with E-state index in [1.165, 1.54) is 42.9 Å². The number of hydrogen-bond acceptors (Lipinski definition) is 2. The molecule has 0 N–H and O–H groups in total. The maximum Gasteiger partial charge on any atom is 0.0659 e. The summed E-state index contributed by atoms with van der Waals surface area (Å²) in [5, 5.41) is 4.80. The fourth-order valence-electron chi connectivity index (χ4n) is 3.09. The molecule has 0 aliphatic carbocycles. The molecule has 1 aromatic heterocycles. The predicted octanol–water partition coefficient (Wildman–Crippen LogP) is 2.97. The standard InChI is InChI=1S/C15H27N3/c1-5-14-15(12(2)3)13(4)18(16-14)11-10-17-8-6-7-9-17/h12H,5-11H2,1-4H3. The van der Waals surface area contributed by atoms with Crippen molar-refractivity contribution in [2.24, 2.45) is 0 Å². The minimum atomic E-state index is 0.584. The van der Waals surface area contributed by atoms with E-state index in [-0.39, 0.29) is 0 Å². The Labute approximate surface area is 111 Å². The lowest BCUT2D eigenvalue weighted by atomic mass is 10.00. The molecule has 1 aliphatic rings. The van der Waals surface area contributed by atoms with Crippen LogP contribution in [0.25, 0.3) is 0 Å². The molecule has 18 heavy (non-hydrogen) atoms. The Morgan fingerprint density at radius 3 is 2.33 bits per heavy atom. The molecule has 1 saturated heterocycles. The third-order valence-electron chi connectivity index (χ3n) is 4.07. The molecule has 0 atom stereocenters. The molecule has 3 nitrogen and oxygen atoms in total. The summed E-state index contributed by atoms with van der Waals surface area (Å²) in [5.41, 5.74) is 4.14. The smallest absolute Gasteiger partial charge is 0.0659 e. The van der Waals surface area contributed by atoms with Crippen molar-refractivity contribution in [3.8, 4) is 0 Å². The van der Waals surface area contributed by atoms with E-state index in [0.29, 0.717) is 5.92 Å². The SMILES string of the molecule is CCc1nn(CCN2CCCC2)c(C)c1C(C)C. The second-order valence-corrected chi connectivity index (χ2v) is 5.73. The van der Waals surface area contributed by atoms with E-state index >= 15 is 0 Å². The molecular weight excluding hydrogens is 222 g/mol. The van der Waals surface area contributed by atoms with Crippen LogP contribution >= 0.6 is 0 Å². The van der Waals surface area contributed by atoms with Crippen molar-refractivity contribution in [2.75, 3.05) is 19.6 Å². The first-order valence-corrected chi connectivity index (χ1v) is 7.42. The lowest BCUT2D eigenvalue weighted by molar-refractivity contribution is 0.314. The van der Waals surface area contributed by atoms with Gasteiger partial charge in [-0.05, 0) is 50.8 Å². The van der Waals surface area contributed by atoms with Gasteiger partial charge in [-0.3, -0.25) is 4.68 Å². The zero-order chi connectivity index (χ0) is 13.1. The van der Waals surface area contributed by atoms with E-state index in [2.05, 4.69) is 37.3 Å². The van der Waals surface area contributed by atoms with Crippen LogP contribution in [-0.2, 0) is 13.0 Å². The first kappa shape index (κ1) is 13.6. The van der Waals surface area contributed by atoms with Crippen molar-refractivity contribution in [3.63, 3.8) is 0 Å². The highest BCUT2D eigenvalue weighted by atomic mass is 15.3. The van der Waals surface area contributed by atoms with Crippen LogP contribution in [0.3, 0.4) is 0 Å². The van der Waals surface area contributed by atoms with Gasteiger partial charge in [0.25, 0.3) is 0 Å². The molecule has 0 aromatic carbocycles. The number of hydrogen-bond donors (Lipinski definition) is 0. The van der Waals surface area contributed by atoms with Gasteiger partial charge in [-0.2, -0.15) is 5.10 Å². The summed E-state index contributed by atoms with van der Waals surface area (Å²) in [6.45, 7) is 13.7. The molecule has 0 bridgehead atoms. The normalized spacial score (nSPS) is 16.9. The van der Waals surface area contributed by atoms with Gasteiger partial charge < -0.3 is 4.90 Å². The highest BCUT2D eigenvalue weighted by molar-refractivity contribution is 5.28. The molecule has 3 heteroatoms. The molecule has 2 heterocycles. The lowest BCUT2D eigenvalue weighted by Crippen LogP contribution is -2.24. The number of aromatic nitrogens is 2. The second-order valence-electron chi connectivity index (χ2n) is 5.73. The first-order valence-electron chi connectivity index (χ1n) is 7.42. The molecule has 102 valence electrons. The summed E-state index contributed by atoms with van der Waals surface area (Å²) in [5.74, 6) is 0.584. The highest BCUT2D eigenvalue weighted by Crippen LogP contribution is 2.23. The van der Waals surface area contributed by atoms with Crippen molar-refractivity contribution < 1.29 is 0 Å². The number of nitrogens with zero attached hydrogens (tertiary/aromatic N) is 3. The summed E-state index contributed by atoms with van der Waals surface area (Å²) in [6, 6.07) is 0. The van der Waals surface area contributed by atoms with Crippen molar-refractivity contribution in [1.82, 2.24) is 14.7 Å². The van der Waals surface area contributed by atoms with Crippen molar-refractivity contribution in [3.05, 3.63) is 17.0 Å².